The van der Waals surface area contributed by atoms with Gasteiger partial charge in [0.05, 0.1) is 5.88 Å². The fraction of sp³-hybridized carbons (Fsp3) is 0. The minimum atomic E-state index is 1.03. The van der Waals surface area contributed by atoms with Crippen molar-refractivity contribution < 1.29 is 0 Å². The predicted octanol–water partition coefficient (Wildman–Crippen LogP) is 3.20. The quantitative estimate of drug-likeness (QED) is 0.659. The SMILES string of the molecule is Cl[CH]c1ccc(Br)cc1. The second kappa shape index (κ2) is 3.23. The molecule has 0 atom stereocenters. The van der Waals surface area contributed by atoms with E-state index in [9.17, 15) is 0 Å². The van der Waals surface area contributed by atoms with Crippen LogP contribution in [0.2, 0.25) is 0 Å². The van der Waals surface area contributed by atoms with Gasteiger partial charge in [-0.15, -0.1) is 11.6 Å². The molecule has 0 heterocycles. The van der Waals surface area contributed by atoms with Crippen LogP contribution in [0.15, 0.2) is 28.7 Å². The first-order valence-electron chi connectivity index (χ1n) is 2.52. The summed E-state index contributed by atoms with van der Waals surface area (Å²) in [5.74, 6) is 1.55. The molecule has 1 rings (SSSR count). The van der Waals surface area contributed by atoms with E-state index in [2.05, 4.69) is 15.9 Å². The van der Waals surface area contributed by atoms with Crippen LogP contribution in [0.4, 0.5) is 0 Å². The Morgan fingerprint density at radius 2 is 1.78 bits per heavy atom. The van der Waals surface area contributed by atoms with Crippen molar-refractivity contribution in [3.05, 3.63) is 40.2 Å². The zero-order valence-electron chi connectivity index (χ0n) is 4.64. The average molecular weight is 204 g/mol. The maximum atomic E-state index is 5.44. The summed E-state index contributed by atoms with van der Waals surface area (Å²) >= 11 is 8.76. The van der Waals surface area contributed by atoms with Crippen LogP contribution in [-0.4, -0.2) is 0 Å². The first-order valence-corrected chi connectivity index (χ1v) is 3.75. The maximum Gasteiger partial charge on any atom is 0.0790 e. The minimum Gasteiger partial charge on any atom is -0.116 e. The van der Waals surface area contributed by atoms with Gasteiger partial charge in [0.2, 0.25) is 0 Å². The molecular formula is C7H5BrCl. The first kappa shape index (κ1) is 7.10. The molecular weight excluding hydrogens is 199 g/mol. The summed E-state index contributed by atoms with van der Waals surface area (Å²) in [6, 6.07) is 7.79. The number of benzene rings is 1. The van der Waals surface area contributed by atoms with Crippen LogP contribution in [0.25, 0.3) is 0 Å². The standard InChI is InChI=1S/C7H5BrCl/c8-7-3-1-6(5-9)2-4-7/h1-5H. The van der Waals surface area contributed by atoms with Gasteiger partial charge in [0.15, 0.2) is 0 Å². The molecule has 47 valence electrons. The molecule has 0 N–H and O–H groups in total. The van der Waals surface area contributed by atoms with Crippen molar-refractivity contribution in [1.29, 1.82) is 0 Å². The van der Waals surface area contributed by atoms with Crippen LogP contribution in [0.1, 0.15) is 5.56 Å². The van der Waals surface area contributed by atoms with Gasteiger partial charge in [-0.25, -0.2) is 0 Å². The maximum absolute atomic E-state index is 5.44. The van der Waals surface area contributed by atoms with Crippen LogP contribution in [0, 0.1) is 5.88 Å². The van der Waals surface area contributed by atoms with Crippen molar-refractivity contribution in [3.8, 4) is 0 Å². The predicted molar refractivity (Wildman–Crippen MR) is 43.4 cm³/mol. The number of halogens is 2. The summed E-state index contributed by atoms with van der Waals surface area (Å²) in [7, 11) is 0. The lowest BCUT2D eigenvalue weighted by Gasteiger charge is -1.91. The van der Waals surface area contributed by atoms with E-state index in [0.717, 1.165) is 10.0 Å². The van der Waals surface area contributed by atoms with Crippen molar-refractivity contribution in [2.45, 2.75) is 0 Å². The summed E-state index contributed by atoms with van der Waals surface area (Å²) < 4.78 is 1.07. The Bertz CT molecular complexity index is 181. The Morgan fingerprint density at radius 1 is 1.22 bits per heavy atom. The highest BCUT2D eigenvalue weighted by Gasteiger charge is 1.87. The molecule has 0 aromatic heterocycles. The molecule has 0 nitrogen and oxygen atoms in total. The Labute approximate surface area is 68.0 Å². The molecule has 0 bridgehead atoms. The number of rotatable bonds is 1. The molecule has 2 heteroatoms. The van der Waals surface area contributed by atoms with Gasteiger partial charge in [-0.3, -0.25) is 0 Å². The molecule has 1 aromatic carbocycles. The van der Waals surface area contributed by atoms with Crippen LogP contribution < -0.4 is 0 Å². The zero-order chi connectivity index (χ0) is 6.69. The summed E-state index contributed by atoms with van der Waals surface area (Å²) in [5.41, 5.74) is 1.03. The van der Waals surface area contributed by atoms with Gasteiger partial charge in [-0.05, 0) is 17.7 Å². The second-order valence-corrected chi connectivity index (χ2v) is 2.79. The van der Waals surface area contributed by atoms with E-state index in [1.54, 1.807) is 5.88 Å². The van der Waals surface area contributed by atoms with Crippen LogP contribution >= 0.6 is 27.5 Å². The lowest BCUT2D eigenvalue weighted by atomic mass is 10.2. The molecule has 0 saturated carbocycles. The van der Waals surface area contributed by atoms with Crippen molar-refractivity contribution in [2.75, 3.05) is 0 Å². The zero-order valence-corrected chi connectivity index (χ0v) is 6.98. The molecule has 1 aromatic rings. The molecule has 0 amide bonds. The van der Waals surface area contributed by atoms with Gasteiger partial charge in [0, 0.05) is 4.47 Å². The smallest absolute Gasteiger partial charge is 0.0790 e. The van der Waals surface area contributed by atoms with E-state index in [1.807, 2.05) is 24.3 Å². The third-order valence-corrected chi connectivity index (χ3v) is 1.78. The molecule has 0 aliphatic heterocycles. The molecule has 0 spiro atoms. The molecule has 0 unspecified atom stereocenters. The van der Waals surface area contributed by atoms with E-state index in [-0.39, 0.29) is 0 Å². The number of hydrogen-bond acceptors (Lipinski definition) is 0. The topological polar surface area (TPSA) is 0 Å². The summed E-state index contributed by atoms with van der Waals surface area (Å²) in [5, 5.41) is 0. The minimum absolute atomic E-state index is 1.03. The Morgan fingerprint density at radius 3 is 2.22 bits per heavy atom. The van der Waals surface area contributed by atoms with Crippen molar-refractivity contribution in [1.82, 2.24) is 0 Å². The average Bonchev–Trinajstić information content (AvgIpc) is 1.90. The first-order chi connectivity index (χ1) is 4.33. The van der Waals surface area contributed by atoms with Gasteiger partial charge < -0.3 is 0 Å². The van der Waals surface area contributed by atoms with Gasteiger partial charge in [-0.1, -0.05) is 28.1 Å². The monoisotopic (exact) mass is 203 g/mol. The van der Waals surface area contributed by atoms with Gasteiger partial charge >= 0.3 is 0 Å². The van der Waals surface area contributed by atoms with Crippen molar-refractivity contribution >= 4 is 27.5 Å². The largest absolute Gasteiger partial charge is 0.116 e. The van der Waals surface area contributed by atoms with E-state index in [1.165, 1.54) is 0 Å². The molecule has 0 aliphatic carbocycles. The third-order valence-electron chi connectivity index (χ3n) is 0.996. The lowest BCUT2D eigenvalue weighted by Crippen LogP contribution is -1.71. The van der Waals surface area contributed by atoms with Gasteiger partial charge in [0.1, 0.15) is 0 Å². The Kier molecular flexibility index (Phi) is 2.55. The Balaban J connectivity index is 2.88. The highest BCUT2D eigenvalue weighted by atomic mass is 79.9. The molecule has 0 saturated heterocycles. The normalized spacial score (nSPS) is 9.56. The second-order valence-electron chi connectivity index (χ2n) is 1.66. The molecule has 0 aliphatic rings. The summed E-state index contributed by atoms with van der Waals surface area (Å²) in [4.78, 5) is 0. The van der Waals surface area contributed by atoms with Gasteiger partial charge in [0.25, 0.3) is 0 Å². The van der Waals surface area contributed by atoms with E-state index < -0.39 is 0 Å². The number of hydrogen-bond donors (Lipinski definition) is 0. The van der Waals surface area contributed by atoms with E-state index in [0.29, 0.717) is 0 Å². The van der Waals surface area contributed by atoms with Crippen LogP contribution in [-0.2, 0) is 0 Å². The van der Waals surface area contributed by atoms with Crippen LogP contribution in [0.3, 0.4) is 0 Å². The Hall–Kier alpha value is -0.0100. The lowest BCUT2D eigenvalue weighted by molar-refractivity contribution is 1.56. The molecule has 1 radical (unpaired) electrons. The van der Waals surface area contributed by atoms with Gasteiger partial charge in [-0.2, -0.15) is 0 Å². The van der Waals surface area contributed by atoms with Crippen molar-refractivity contribution in [3.63, 3.8) is 0 Å². The highest BCUT2D eigenvalue weighted by Crippen LogP contribution is 2.12. The molecule has 0 fully saturated rings. The van der Waals surface area contributed by atoms with E-state index >= 15 is 0 Å². The summed E-state index contributed by atoms with van der Waals surface area (Å²) in [6.45, 7) is 0. The van der Waals surface area contributed by atoms with E-state index in [4.69, 9.17) is 11.6 Å². The fourth-order valence-electron chi connectivity index (χ4n) is 0.536. The highest BCUT2D eigenvalue weighted by molar-refractivity contribution is 9.10. The third kappa shape index (κ3) is 1.99. The molecule has 9 heavy (non-hydrogen) atoms. The van der Waals surface area contributed by atoms with Crippen LogP contribution in [0.5, 0.6) is 0 Å². The summed E-state index contributed by atoms with van der Waals surface area (Å²) in [6.07, 6.45) is 0. The fourth-order valence-corrected chi connectivity index (χ4v) is 0.945. The van der Waals surface area contributed by atoms with Crippen molar-refractivity contribution in [2.24, 2.45) is 0 Å².